The van der Waals surface area contributed by atoms with Crippen LogP contribution in [0.1, 0.15) is 21.9 Å². The van der Waals surface area contributed by atoms with E-state index in [1.165, 1.54) is 6.07 Å². The smallest absolute Gasteiger partial charge is 0.325 e. The number of thiazole rings is 1. The summed E-state index contributed by atoms with van der Waals surface area (Å²) in [4.78, 5) is 55.1. The molecule has 0 radical (unpaired) electrons. The van der Waals surface area contributed by atoms with E-state index in [-0.39, 0.29) is 15.7 Å². The number of benzene rings is 3. The SMILES string of the molecule is O=C(Cn1c2c(sc1=O)[C@H](c1cccc(Cl)c1Cl)C1C(=O)N(c3ccc(Br)cc3)C(=O)C1S2)Nc1cccc(C(F)(F)F)c1. The lowest BCUT2D eigenvalue weighted by Crippen LogP contribution is -2.33. The number of fused-ring (bicyclic) bond motifs is 2. The van der Waals surface area contributed by atoms with Gasteiger partial charge < -0.3 is 5.32 Å². The molecule has 0 saturated carbocycles. The standard InChI is InChI=1S/C29H17BrCl2F3N3O4S2/c30-14-7-9-16(10-8-14)38-25(40)21-20(17-5-2-6-18(31)22(17)32)24-27(43-23(21)26(38)41)37(28(42)44-24)12-19(39)36-15-4-1-3-13(11-15)29(33,34)35/h1-11,20-21,23H,12H2,(H,36,39)/t20-,21?,23?/m1/s1. The summed E-state index contributed by atoms with van der Waals surface area (Å²) in [5, 5.41) is 2.11. The summed E-state index contributed by atoms with van der Waals surface area (Å²) in [5.41, 5.74) is -0.227. The maximum atomic E-state index is 14.0. The van der Waals surface area contributed by atoms with Gasteiger partial charge in [0.1, 0.15) is 11.8 Å². The van der Waals surface area contributed by atoms with Crippen LogP contribution in [0.4, 0.5) is 24.5 Å². The number of thioether (sulfide) groups is 1. The summed E-state index contributed by atoms with van der Waals surface area (Å²) in [7, 11) is 0. The van der Waals surface area contributed by atoms with Gasteiger partial charge in [0.05, 0.1) is 32.2 Å². The quantitative estimate of drug-likeness (QED) is 0.215. The normalized spacial score (nSPS) is 19.6. The Morgan fingerprint density at radius 1 is 0.977 bits per heavy atom. The maximum absolute atomic E-state index is 14.0. The van der Waals surface area contributed by atoms with Crippen molar-refractivity contribution < 1.29 is 27.6 Å². The van der Waals surface area contributed by atoms with Crippen molar-refractivity contribution in [3.8, 4) is 0 Å². The Morgan fingerprint density at radius 2 is 1.68 bits per heavy atom. The largest absolute Gasteiger partial charge is 0.416 e. The predicted molar refractivity (Wildman–Crippen MR) is 167 cm³/mol. The molecule has 3 heterocycles. The lowest BCUT2D eigenvalue weighted by Gasteiger charge is -2.31. The van der Waals surface area contributed by atoms with Crippen molar-refractivity contribution in [1.29, 1.82) is 0 Å². The Labute approximate surface area is 274 Å². The number of alkyl halides is 3. The van der Waals surface area contributed by atoms with Crippen molar-refractivity contribution in [3.05, 3.63) is 107 Å². The molecule has 15 heteroatoms. The molecule has 226 valence electrons. The third kappa shape index (κ3) is 5.49. The molecule has 4 aromatic rings. The molecule has 3 amide bonds. The maximum Gasteiger partial charge on any atom is 0.416 e. The Kier molecular flexibility index (Phi) is 8.20. The number of aromatic nitrogens is 1. The van der Waals surface area contributed by atoms with E-state index < -0.39 is 58.0 Å². The first-order valence-corrected chi connectivity index (χ1v) is 16.0. The number of rotatable bonds is 5. The summed E-state index contributed by atoms with van der Waals surface area (Å²) >= 11 is 18.1. The molecule has 1 N–H and O–H groups in total. The molecule has 0 spiro atoms. The topological polar surface area (TPSA) is 88.5 Å². The van der Waals surface area contributed by atoms with Crippen LogP contribution in [-0.2, 0) is 27.1 Å². The highest BCUT2D eigenvalue weighted by Gasteiger charge is 2.57. The average Bonchev–Trinajstić information content (AvgIpc) is 3.41. The number of imide groups is 1. The van der Waals surface area contributed by atoms with Crippen LogP contribution < -0.4 is 15.1 Å². The van der Waals surface area contributed by atoms with Crippen LogP contribution in [0.15, 0.2) is 81.0 Å². The molecule has 44 heavy (non-hydrogen) atoms. The van der Waals surface area contributed by atoms with Crippen LogP contribution >= 0.6 is 62.2 Å². The van der Waals surface area contributed by atoms with Gasteiger partial charge in [-0.3, -0.25) is 23.7 Å². The average molecular weight is 743 g/mol. The monoisotopic (exact) mass is 741 g/mol. The highest BCUT2D eigenvalue weighted by Crippen LogP contribution is 2.55. The van der Waals surface area contributed by atoms with Gasteiger partial charge in [-0.15, -0.1) is 0 Å². The van der Waals surface area contributed by atoms with Gasteiger partial charge in [-0.2, -0.15) is 13.2 Å². The summed E-state index contributed by atoms with van der Waals surface area (Å²) < 4.78 is 41.4. The first-order valence-electron chi connectivity index (χ1n) is 12.8. The lowest BCUT2D eigenvalue weighted by molar-refractivity contribution is -0.137. The molecule has 3 atom stereocenters. The number of amides is 3. The molecule has 7 nitrogen and oxygen atoms in total. The van der Waals surface area contributed by atoms with Crippen LogP contribution in [0, 0.1) is 5.92 Å². The third-order valence-electron chi connectivity index (χ3n) is 7.23. The fourth-order valence-corrected chi connectivity index (χ4v) is 8.77. The molecule has 6 rings (SSSR count). The van der Waals surface area contributed by atoms with E-state index in [2.05, 4.69) is 21.2 Å². The van der Waals surface area contributed by atoms with E-state index in [0.717, 1.165) is 55.2 Å². The second kappa shape index (κ2) is 11.7. The number of nitrogens with one attached hydrogen (secondary N) is 1. The van der Waals surface area contributed by atoms with Gasteiger partial charge in [-0.05, 0) is 54.1 Å². The first kappa shape index (κ1) is 30.9. The molecule has 0 bridgehead atoms. The number of carbonyl (C=O) groups excluding carboxylic acids is 3. The Balaban J connectivity index is 1.40. The zero-order valence-electron chi connectivity index (χ0n) is 21.9. The van der Waals surface area contributed by atoms with Crippen molar-refractivity contribution in [3.63, 3.8) is 0 Å². The van der Waals surface area contributed by atoms with E-state index >= 15 is 0 Å². The van der Waals surface area contributed by atoms with Crippen molar-refractivity contribution in [1.82, 2.24) is 4.57 Å². The molecule has 2 unspecified atom stereocenters. The Hall–Kier alpha value is -3.10. The van der Waals surface area contributed by atoms with Crippen molar-refractivity contribution >= 4 is 91.3 Å². The number of nitrogens with zero attached hydrogens (tertiary/aromatic N) is 2. The van der Waals surface area contributed by atoms with E-state index in [1.54, 1.807) is 42.5 Å². The van der Waals surface area contributed by atoms with Crippen LogP contribution in [0.3, 0.4) is 0 Å². The zero-order valence-corrected chi connectivity index (χ0v) is 26.6. The van der Waals surface area contributed by atoms with Crippen molar-refractivity contribution in [2.45, 2.75) is 28.9 Å². The predicted octanol–water partition coefficient (Wildman–Crippen LogP) is 7.43. The van der Waals surface area contributed by atoms with Crippen molar-refractivity contribution in [2.75, 3.05) is 10.2 Å². The Morgan fingerprint density at radius 3 is 2.39 bits per heavy atom. The summed E-state index contributed by atoms with van der Waals surface area (Å²) in [5.74, 6) is -3.51. The fourth-order valence-electron chi connectivity index (χ4n) is 5.31. The molecule has 1 aromatic heterocycles. The third-order valence-corrected chi connectivity index (χ3v) is 11.2. The Bertz CT molecular complexity index is 1900. The molecule has 2 aliphatic heterocycles. The van der Waals surface area contributed by atoms with E-state index in [4.69, 9.17) is 23.2 Å². The minimum Gasteiger partial charge on any atom is -0.325 e. The van der Waals surface area contributed by atoms with Gasteiger partial charge >= 0.3 is 11.0 Å². The molecule has 3 aromatic carbocycles. The molecule has 1 saturated heterocycles. The van der Waals surface area contributed by atoms with Gasteiger partial charge in [0.15, 0.2) is 0 Å². The van der Waals surface area contributed by atoms with Gasteiger partial charge in [-0.1, -0.05) is 80.4 Å². The van der Waals surface area contributed by atoms with Gasteiger partial charge in [0.25, 0.3) is 0 Å². The summed E-state index contributed by atoms with van der Waals surface area (Å²) in [6, 6.07) is 15.7. The second-order valence-corrected chi connectivity index (χ2v) is 13.7. The van der Waals surface area contributed by atoms with Crippen LogP contribution in [0.25, 0.3) is 0 Å². The van der Waals surface area contributed by atoms with Gasteiger partial charge in [-0.25, -0.2) is 4.90 Å². The second-order valence-electron chi connectivity index (χ2n) is 9.92. The number of hydrogen-bond donors (Lipinski definition) is 1. The molecule has 2 aliphatic rings. The number of anilines is 2. The zero-order chi connectivity index (χ0) is 31.5. The molecular weight excluding hydrogens is 726 g/mol. The molecule has 0 aliphatic carbocycles. The number of carbonyl (C=O) groups is 3. The minimum atomic E-state index is -4.61. The molecular formula is C29H17BrCl2F3N3O4S2. The number of halogens is 6. The van der Waals surface area contributed by atoms with E-state index in [9.17, 15) is 32.3 Å². The lowest BCUT2D eigenvalue weighted by atomic mass is 9.83. The van der Waals surface area contributed by atoms with Crippen LogP contribution in [0.5, 0.6) is 0 Å². The fraction of sp³-hybridized carbons (Fsp3) is 0.172. The minimum absolute atomic E-state index is 0.0972. The summed E-state index contributed by atoms with van der Waals surface area (Å²) in [6.07, 6.45) is -4.61. The highest BCUT2D eigenvalue weighted by molar-refractivity contribution is 9.10. The first-order chi connectivity index (χ1) is 20.8. The van der Waals surface area contributed by atoms with Crippen molar-refractivity contribution in [2.24, 2.45) is 5.92 Å². The van der Waals surface area contributed by atoms with Crippen LogP contribution in [-0.4, -0.2) is 27.5 Å². The summed E-state index contributed by atoms with van der Waals surface area (Å²) in [6.45, 7) is -0.542. The van der Waals surface area contributed by atoms with E-state index in [1.807, 2.05) is 0 Å². The van der Waals surface area contributed by atoms with Crippen LogP contribution in [0.2, 0.25) is 10.0 Å². The number of hydrogen-bond acceptors (Lipinski definition) is 6. The molecule has 1 fully saturated rings. The van der Waals surface area contributed by atoms with Gasteiger partial charge in [0.2, 0.25) is 17.7 Å². The highest BCUT2D eigenvalue weighted by atomic mass is 79.9. The van der Waals surface area contributed by atoms with E-state index in [0.29, 0.717) is 21.2 Å². The van der Waals surface area contributed by atoms with Gasteiger partial charge in [0, 0.05) is 21.0 Å².